The van der Waals surface area contributed by atoms with E-state index in [1.165, 1.54) is 11.1 Å². The van der Waals surface area contributed by atoms with E-state index < -0.39 is 16.4 Å². The van der Waals surface area contributed by atoms with Crippen LogP contribution in [0.4, 0.5) is 0 Å². The molecule has 8 rings (SSSR count). The van der Waals surface area contributed by atoms with Crippen LogP contribution in [0.25, 0.3) is 0 Å². The van der Waals surface area contributed by atoms with Crippen LogP contribution < -0.4 is 0 Å². The Hall–Kier alpha value is -3.21. The molecule has 1 saturated heterocycles. The Bertz CT molecular complexity index is 1400. The number of Topliss-reactive ketones (excluding diaryl/α,β-unsaturated/α-hetero) is 1. The van der Waals surface area contributed by atoms with Crippen LogP contribution in [-0.2, 0) is 37.6 Å². The molecule has 0 amide bonds. The molecule has 4 aliphatic carbocycles. The largest absolute Gasteiger partial charge is 0.493 e. The summed E-state index contributed by atoms with van der Waals surface area (Å²) in [7, 11) is 0. The third kappa shape index (κ3) is 2.40. The maximum atomic E-state index is 14.5. The molecular weight excluding hydrogens is 448 g/mol. The number of carbonyl (C=O) groups is 1. The van der Waals surface area contributed by atoms with Gasteiger partial charge in [0.1, 0.15) is 6.61 Å². The van der Waals surface area contributed by atoms with Crippen molar-refractivity contribution in [3.63, 3.8) is 0 Å². The normalized spacial score (nSPS) is 36.5. The van der Waals surface area contributed by atoms with E-state index in [0.717, 1.165) is 23.3 Å². The Balaban J connectivity index is 1.28. The summed E-state index contributed by atoms with van der Waals surface area (Å²) in [5, 5.41) is 0. The third-order valence-electron chi connectivity index (χ3n) is 9.70. The first kappa shape index (κ1) is 20.9. The van der Waals surface area contributed by atoms with E-state index in [1.54, 1.807) is 0 Å². The summed E-state index contributed by atoms with van der Waals surface area (Å²) in [5.41, 5.74) is 3.05. The Morgan fingerprint density at radius 2 is 1.50 bits per heavy atom. The van der Waals surface area contributed by atoms with Gasteiger partial charge in [-0.2, -0.15) is 0 Å². The van der Waals surface area contributed by atoms with Gasteiger partial charge < -0.3 is 14.2 Å². The summed E-state index contributed by atoms with van der Waals surface area (Å²) in [6, 6.07) is 29.2. The van der Waals surface area contributed by atoms with Crippen molar-refractivity contribution in [3.05, 3.63) is 119 Å². The Morgan fingerprint density at radius 1 is 0.806 bits per heavy atom. The van der Waals surface area contributed by atoms with Gasteiger partial charge in [0.05, 0.1) is 48.4 Å². The molecular formula is C32H28O4. The number of rotatable bonds is 6. The number of benzene rings is 3. The molecule has 1 aliphatic heterocycles. The van der Waals surface area contributed by atoms with Gasteiger partial charge in [0.25, 0.3) is 0 Å². The predicted molar refractivity (Wildman–Crippen MR) is 134 cm³/mol. The molecule has 2 saturated carbocycles. The van der Waals surface area contributed by atoms with E-state index in [4.69, 9.17) is 14.2 Å². The summed E-state index contributed by atoms with van der Waals surface area (Å²) in [4.78, 5) is 14.5. The van der Waals surface area contributed by atoms with Crippen molar-refractivity contribution in [3.8, 4) is 0 Å². The van der Waals surface area contributed by atoms with Crippen molar-refractivity contribution in [2.45, 2.75) is 36.6 Å². The van der Waals surface area contributed by atoms with Crippen LogP contribution in [0.1, 0.15) is 34.6 Å². The van der Waals surface area contributed by atoms with Gasteiger partial charge in [0.2, 0.25) is 0 Å². The van der Waals surface area contributed by atoms with Gasteiger partial charge in [0.15, 0.2) is 5.78 Å². The van der Waals surface area contributed by atoms with Crippen LogP contribution in [0.2, 0.25) is 0 Å². The monoisotopic (exact) mass is 476 g/mol. The second-order valence-corrected chi connectivity index (χ2v) is 11.2. The molecule has 4 bridgehead atoms. The summed E-state index contributed by atoms with van der Waals surface area (Å²) in [6.45, 7) is 1.96. The molecule has 0 radical (unpaired) electrons. The van der Waals surface area contributed by atoms with Crippen LogP contribution in [0, 0.1) is 17.3 Å². The number of ketones is 1. The number of ether oxygens (including phenoxy) is 3. The summed E-state index contributed by atoms with van der Waals surface area (Å²) in [6.07, 6.45) is 3.09. The molecule has 36 heavy (non-hydrogen) atoms. The van der Waals surface area contributed by atoms with Gasteiger partial charge in [-0.1, -0.05) is 84.9 Å². The molecule has 4 nitrogen and oxygen atoms in total. The molecule has 180 valence electrons. The molecule has 3 fully saturated rings. The highest BCUT2D eigenvalue weighted by molar-refractivity contribution is 6.01. The molecule has 3 aromatic carbocycles. The molecule has 6 unspecified atom stereocenters. The second-order valence-electron chi connectivity index (χ2n) is 11.2. The SMILES string of the molecule is O=C1C2C3c4ccccc4C14COCC41C=C(OCc4ccccc4)C3C2(OCc2ccccc2)C1. The fourth-order valence-corrected chi connectivity index (χ4v) is 8.31. The number of carbonyl (C=O) groups excluding carboxylic acids is 1. The molecule has 6 atom stereocenters. The van der Waals surface area contributed by atoms with E-state index in [0.29, 0.717) is 32.2 Å². The smallest absolute Gasteiger partial charge is 0.153 e. The van der Waals surface area contributed by atoms with Crippen molar-refractivity contribution in [1.29, 1.82) is 0 Å². The maximum Gasteiger partial charge on any atom is 0.153 e. The first-order valence-corrected chi connectivity index (χ1v) is 13.0. The second kappa shape index (κ2) is 7.18. The third-order valence-corrected chi connectivity index (χ3v) is 9.70. The summed E-state index contributed by atoms with van der Waals surface area (Å²) in [5.74, 6) is 1.23. The Labute approximate surface area is 210 Å². The highest BCUT2D eigenvalue weighted by Crippen LogP contribution is 2.78. The van der Waals surface area contributed by atoms with Gasteiger partial charge >= 0.3 is 0 Å². The fourth-order valence-electron chi connectivity index (χ4n) is 8.31. The zero-order valence-electron chi connectivity index (χ0n) is 20.1. The van der Waals surface area contributed by atoms with Gasteiger partial charge in [-0.3, -0.25) is 4.79 Å². The van der Waals surface area contributed by atoms with Crippen molar-refractivity contribution < 1.29 is 19.0 Å². The van der Waals surface area contributed by atoms with Gasteiger partial charge in [-0.05, 0) is 34.8 Å². The van der Waals surface area contributed by atoms with Crippen LogP contribution in [0.15, 0.2) is 96.8 Å². The van der Waals surface area contributed by atoms with E-state index in [2.05, 4.69) is 54.6 Å². The minimum Gasteiger partial charge on any atom is -0.493 e. The van der Waals surface area contributed by atoms with Crippen molar-refractivity contribution in [2.24, 2.45) is 17.3 Å². The highest BCUT2D eigenvalue weighted by atomic mass is 16.5. The average Bonchev–Trinajstić information content (AvgIpc) is 3.24. The lowest BCUT2D eigenvalue weighted by Gasteiger charge is -2.73. The van der Waals surface area contributed by atoms with Crippen molar-refractivity contribution in [2.75, 3.05) is 13.2 Å². The van der Waals surface area contributed by atoms with Crippen LogP contribution in [0.3, 0.4) is 0 Å². The highest BCUT2D eigenvalue weighted by Gasteiger charge is 2.83. The quantitative estimate of drug-likeness (QED) is 0.483. The van der Waals surface area contributed by atoms with Crippen LogP contribution >= 0.6 is 0 Å². The Morgan fingerprint density at radius 3 is 2.28 bits per heavy atom. The van der Waals surface area contributed by atoms with E-state index in [-0.39, 0.29) is 17.8 Å². The summed E-state index contributed by atoms with van der Waals surface area (Å²) >= 11 is 0. The lowest BCUT2D eigenvalue weighted by atomic mass is 9.31. The number of fused-ring (bicyclic) bond motifs is 3. The van der Waals surface area contributed by atoms with Crippen molar-refractivity contribution >= 4 is 5.78 Å². The Kier molecular flexibility index (Phi) is 4.17. The van der Waals surface area contributed by atoms with E-state index in [1.807, 2.05) is 36.4 Å². The topological polar surface area (TPSA) is 44.8 Å². The van der Waals surface area contributed by atoms with Gasteiger partial charge in [-0.25, -0.2) is 0 Å². The minimum absolute atomic E-state index is 0.0181. The van der Waals surface area contributed by atoms with Gasteiger partial charge in [-0.15, -0.1) is 0 Å². The summed E-state index contributed by atoms with van der Waals surface area (Å²) < 4.78 is 19.8. The van der Waals surface area contributed by atoms with E-state index in [9.17, 15) is 4.79 Å². The maximum absolute atomic E-state index is 14.5. The van der Waals surface area contributed by atoms with Gasteiger partial charge in [0, 0.05) is 11.3 Å². The van der Waals surface area contributed by atoms with Crippen molar-refractivity contribution in [1.82, 2.24) is 0 Å². The standard InChI is InChI=1S/C32H28O4/c33-29-28-26-23-13-7-8-14-24(23)31(29)20-34-19-30(31)15-25(35-16-21-9-3-1-4-10-21)27(26)32(28,18-30)36-17-22-11-5-2-6-12-22/h1-15,26-28H,16-20H2. The lowest BCUT2D eigenvalue weighted by Crippen LogP contribution is -2.80. The predicted octanol–water partition coefficient (Wildman–Crippen LogP) is 5.33. The molecule has 1 heterocycles. The molecule has 5 aliphatic rings. The first-order chi connectivity index (χ1) is 17.7. The first-order valence-electron chi connectivity index (χ1n) is 13.0. The fraction of sp³-hybridized carbons (Fsp3) is 0.344. The van der Waals surface area contributed by atoms with E-state index >= 15 is 0 Å². The van der Waals surface area contributed by atoms with Crippen LogP contribution in [0.5, 0.6) is 0 Å². The number of hydrogen-bond acceptors (Lipinski definition) is 4. The molecule has 4 heteroatoms. The zero-order valence-corrected chi connectivity index (χ0v) is 20.1. The average molecular weight is 477 g/mol. The lowest BCUT2D eigenvalue weighted by molar-refractivity contribution is -0.255. The molecule has 0 aromatic heterocycles. The van der Waals surface area contributed by atoms with Crippen LogP contribution in [-0.4, -0.2) is 24.6 Å². The molecule has 2 spiro atoms. The molecule has 0 N–H and O–H groups in total. The molecule has 3 aromatic rings. The minimum atomic E-state index is -0.656. The zero-order chi connectivity index (χ0) is 24.0. The number of hydrogen-bond donors (Lipinski definition) is 0.